The van der Waals surface area contributed by atoms with E-state index in [1.54, 1.807) is 17.0 Å². The first-order chi connectivity index (χ1) is 18.0. The van der Waals surface area contributed by atoms with Gasteiger partial charge in [0.15, 0.2) is 0 Å². The Labute approximate surface area is 220 Å². The number of anilines is 1. The minimum atomic E-state index is -0.596. The van der Waals surface area contributed by atoms with Crippen molar-refractivity contribution in [3.63, 3.8) is 0 Å². The Bertz CT molecular complexity index is 1430. The van der Waals surface area contributed by atoms with Crippen molar-refractivity contribution in [1.82, 2.24) is 9.47 Å². The third-order valence-corrected chi connectivity index (χ3v) is 6.93. The summed E-state index contributed by atoms with van der Waals surface area (Å²) in [4.78, 5) is 30.7. The van der Waals surface area contributed by atoms with Crippen LogP contribution in [0.25, 0.3) is 5.69 Å². The van der Waals surface area contributed by atoms with Gasteiger partial charge in [-0.1, -0.05) is 61.3 Å². The Hall–Kier alpha value is -3.90. The van der Waals surface area contributed by atoms with Crippen LogP contribution in [0.3, 0.4) is 0 Å². The van der Waals surface area contributed by atoms with Gasteiger partial charge >= 0.3 is 0 Å². The van der Waals surface area contributed by atoms with Crippen molar-refractivity contribution in [3.05, 3.63) is 119 Å². The fraction of sp³-hybridized carbons (Fsp3) is 0.200. The SMILES string of the molecule is CCCCN(CC(=O)N1c2ccccc2-n2cccc2C1c1ccc(Cl)cc1)C(=O)c1ccccc1F. The van der Waals surface area contributed by atoms with E-state index in [4.69, 9.17) is 11.6 Å². The summed E-state index contributed by atoms with van der Waals surface area (Å²) < 4.78 is 16.6. The van der Waals surface area contributed by atoms with E-state index in [-0.39, 0.29) is 18.0 Å². The molecule has 2 amide bonds. The number of aromatic nitrogens is 1. The third kappa shape index (κ3) is 4.77. The second-order valence-electron chi connectivity index (χ2n) is 9.07. The molecular weight excluding hydrogens is 489 g/mol. The molecule has 5 rings (SSSR count). The van der Waals surface area contributed by atoms with Gasteiger partial charge in [-0.3, -0.25) is 14.5 Å². The molecule has 188 valence electrons. The number of rotatable bonds is 7. The summed E-state index contributed by atoms with van der Waals surface area (Å²) in [5.74, 6) is -1.33. The van der Waals surface area contributed by atoms with Gasteiger partial charge in [-0.05, 0) is 60.5 Å². The molecule has 0 saturated heterocycles. The zero-order valence-corrected chi connectivity index (χ0v) is 21.2. The topological polar surface area (TPSA) is 45.6 Å². The van der Waals surface area contributed by atoms with Crippen LogP contribution in [0.2, 0.25) is 5.02 Å². The Morgan fingerprint density at radius 3 is 2.35 bits per heavy atom. The van der Waals surface area contributed by atoms with Crippen LogP contribution in [0.4, 0.5) is 10.1 Å². The van der Waals surface area contributed by atoms with Crippen LogP contribution < -0.4 is 4.90 Å². The highest BCUT2D eigenvalue weighted by Gasteiger charge is 2.37. The predicted molar refractivity (Wildman–Crippen MR) is 144 cm³/mol. The molecule has 0 radical (unpaired) electrons. The van der Waals surface area contributed by atoms with Crippen molar-refractivity contribution in [3.8, 4) is 5.69 Å². The summed E-state index contributed by atoms with van der Waals surface area (Å²) >= 11 is 6.17. The fourth-order valence-electron chi connectivity index (χ4n) is 4.87. The zero-order chi connectivity index (χ0) is 25.9. The van der Waals surface area contributed by atoms with Crippen molar-refractivity contribution < 1.29 is 14.0 Å². The minimum absolute atomic E-state index is 0.0337. The number of carbonyl (C=O) groups excluding carboxylic acids is 2. The molecule has 1 unspecified atom stereocenters. The molecule has 37 heavy (non-hydrogen) atoms. The van der Waals surface area contributed by atoms with Crippen LogP contribution in [0, 0.1) is 5.82 Å². The lowest BCUT2D eigenvalue weighted by Gasteiger charge is -2.39. The van der Waals surface area contributed by atoms with Crippen LogP contribution in [0.5, 0.6) is 0 Å². The van der Waals surface area contributed by atoms with Gasteiger partial charge in [0.1, 0.15) is 18.4 Å². The summed E-state index contributed by atoms with van der Waals surface area (Å²) in [6, 6.07) is 24.6. The molecule has 2 heterocycles. The maximum atomic E-state index is 14.5. The van der Waals surface area contributed by atoms with Gasteiger partial charge in [0.05, 0.1) is 22.6 Å². The van der Waals surface area contributed by atoms with Gasteiger partial charge in [-0.2, -0.15) is 0 Å². The quantitative estimate of drug-likeness (QED) is 0.276. The second kappa shape index (κ2) is 10.6. The van der Waals surface area contributed by atoms with Gasteiger partial charge in [0.25, 0.3) is 5.91 Å². The van der Waals surface area contributed by atoms with E-state index in [2.05, 4.69) is 4.57 Å². The Morgan fingerprint density at radius 2 is 1.62 bits per heavy atom. The molecule has 3 aromatic carbocycles. The molecule has 0 aliphatic carbocycles. The molecule has 0 N–H and O–H groups in total. The number of amides is 2. The summed E-state index contributed by atoms with van der Waals surface area (Å²) in [7, 11) is 0. The highest BCUT2D eigenvalue weighted by molar-refractivity contribution is 6.30. The van der Waals surface area contributed by atoms with Crippen molar-refractivity contribution in [2.24, 2.45) is 0 Å². The zero-order valence-electron chi connectivity index (χ0n) is 20.5. The summed E-state index contributed by atoms with van der Waals surface area (Å²) in [5.41, 5.74) is 3.41. The van der Waals surface area contributed by atoms with Crippen LogP contribution >= 0.6 is 11.6 Å². The summed E-state index contributed by atoms with van der Waals surface area (Å²) in [5, 5.41) is 0.606. The molecule has 0 spiro atoms. The van der Waals surface area contributed by atoms with Crippen LogP contribution in [-0.2, 0) is 4.79 Å². The van der Waals surface area contributed by atoms with Crippen molar-refractivity contribution in [2.45, 2.75) is 25.8 Å². The van der Waals surface area contributed by atoms with Crippen molar-refractivity contribution in [2.75, 3.05) is 18.0 Å². The largest absolute Gasteiger partial charge is 0.329 e. The predicted octanol–water partition coefficient (Wildman–Crippen LogP) is 6.65. The Morgan fingerprint density at radius 1 is 0.919 bits per heavy atom. The van der Waals surface area contributed by atoms with Crippen molar-refractivity contribution >= 4 is 29.1 Å². The van der Waals surface area contributed by atoms with Crippen LogP contribution in [-0.4, -0.2) is 34.4 Å². The lowest BCUT2D eigenvalue weighted by molar-refractivity contribution is -0.119. The van der Waals surface area contributed by atoms with E-state index in [1.807, 2.05) is 73.8 Å². The number of hydrogen-bond donors (Lipinski definition) is 0. The molecule has 1 aliphatic rings. The van der Waals surface area contributed by atoms with Crippen LogP contribution in [0.15, 0.2) is 91.1 Å². The molecule has 1 atom stereocenters. The first-order valence-electron chi connectivity index (χ1n) is 12.4. The third-order valence-electron chi connectivity index (χ3n) is 6.67. The number of fused-ring (bicyclic) bond motifs is 3. The average molecular weight is 516 g/mol. The molecule has 7 heteroatoms. The molecule has 5 nitrogen and oxygen atoms in total. The number of hydrogen-bond acceptors (Lipinski definition) is 2. The molecule has 1 aromatic heterocycles. The second-order valence-corrected chi connectivity index (χ2v) is 9.51. The van der Waals surface area contributed by atoms with Gasteiger partial charge < -0.3 is 9.47 Å². The molecule has 0 fully saturated rings. The first kappa shape index (κ1) is 24.8. The van der Waals surface area contributed by atoms with Crippen molar-refractivity contribution in [1.29, 1.82) is 0 Å². The number of nitrogens with zero attached hydrogens (tertiary/aromatic N) is 3. The van der Waals surface area contributed by atoms with Crippen LogP contribution in [0.1, 0.15) is 47.4 Å². The standard InChI is InChI=1S/C30H27ClFN3O2/c1-2-3-18-33(30(37)23-9-4-5-10-24(23)32)20-28(36)35-26-12-7-6-11-25(26)34-19-8-13-27(34)29(35)21-14-16-22(31)17-15-21/h4-17,19,29H,2-3,18,20H2,1H3. The Balaban J connectivity index is 1.56. The first-order valence-corrected chi connectivity index (χ1v) is 12.8. The van der Waals surface area contributed by atoms with Gasteiger partial charge in [-0.15, -0.1) is 0 Å². The van der Waals surface area contributed by atoms with E-state index in [0.717, 1.165) is 29.1 Å². The lowest BCUT2D eigenvalue weighted by Crippen LogP contribution is -2.47. The summed E-state index contributed by atoms with van der Waals surface area (Å²) in [6.07, 6.45) is 3.52. The number of halogens is 2. The highest BCUT2D eigenvalue weighted by Crippen LogP contribution is 2.42. The van der Waals surface area contributed by atoms with E-state index in [1.165, 1.54) is 17.0 Å². The van der Waals surface area contributed by atoms with E-state index >= 15 is 0 Å². The molecule has 0 bridgehead atoms. The summed E-state index contributed by atoms with van der Waals surface area (Å²) in [6.45, 7) is 2.19. The average Bonchev–Trinajstić information content (AvgIpc) is 3.41. The van der Waals surface area contributed by atoms with Gasteiger partial charge in [0, 0.05) is 17.8 Å². The number of benzene rings is 3. The lowest BCUT2D eigenvalue weighted by atomic mass is 9.97. The normalized spacial score (nSPS) is 14.1. The fourth-order valence-corrected chi connectivity index (χ4v) is 4.99. The molecular formula is C30H27ClFN3O2. The minimum Gasteiger partial charge on any atom is -0.329 e. The number of unbranched alkanes of at least 4 members (excludes halogenated alkanes) is 1. The van der Waals surface area contributed by atoms with E-state index < -0.39 is 17.8 Å². The van der Waals surface area contributed by atoms with Gasteiger partial charge in [0.2, 0.25) is 5.91 Å². The number of carbonyl (C=O) groups is 2. The smallest absolute Gasteiger partial charge is 0.257 e. The van der Waals surface area contributed by atoms with Gasteiger partial charge in [-0.25, -0.2) is 4.39 Å². The van der Waals surface area contributed by atoms with E-state index in [0.29, 0.717) is 18.0 Å². The molecule has 4 aromatic rings. The maximum absolute atomic E-state index is 14.5. The highest BCUT2D eigenvalue weighted by atomic mass is 35.5. The molecule has 1 aliphatic heterocycles. The Kier molecular flexibility index (Phi) is 7.10. The number of para-hydroxylation sites is 2. The monoisotopic (exact) mass is 515 g/mol. The molecule has 0 saturated carbocycles. The van der Waals surface area contributed by atoms with E-state index in [9.17, 15) is 14.0 Å². The maximum Gasteiger partial charge on any atom is 0.257 e.